The number of benzene rings is 3. The summed E-state index contributed by atoms with van der Waals surface area (Å²) in [6.07, 6.45) is 1.19. The van der Waals surface area contributed by atoms with E-state index in [1.807, 2.05) is 84.6 Å². The molecule has 2 heterocycles. The summed E-state index contributed by atoms with van der Waals surface area (Å²) < 4.78 is 0. The van der Waals surface area contributed by atoms with E-state index in [9.17, 15) is 9.59 Å². The van der Waals surface area contributed by atoms with Gasteiger partial charge in [0.25, 0.3) is 5.91 Å². The summed E-state index contributed by atoms with van der Waals surface area (Å²) >= 11 is 0. The normalized spacial score (nSPS) is 18.6. The van der Waals surface area contributed by atoms with Crippen molar-refractivity contribution in [2.45, 2.75) is 31.2 Å². The second-order valence-corrected chi connectivity index (χ2v) is 10.7. The van der Waals surface area contributed by atoms with Crippen LogP contribution in [-0.2, 0) is 10.2 Å². The molecule has 3 aromatic rings. The summed E-state index contributed by atoms with van der Waals surface area (Å²) in [6.45, 7) is 7.22. The molecule has 3 aromatic carbocycles. The lowest BCUT2D eigenvalue weighted by Crippen LogP contribution is -2.53. The van der Waals surface area contributed by atoms with Crippen LogP contribution in [0.25, 0.3) is 0 Å². The molecule has 0 bridgehead atoms. The third-order valence-electron chi connectivity index (χ3n) is 8.30. The Morgan fingerprint density at radius 1 is 0.763 bits per heavy atom. The molecule has 0 saturated carbocycles. The molecule has 0 radical (unpaired) electrons. The summed E-state index contributed by atoms with van der Waals surface area (Å²) in [7, 11) is 2.15. The van der Waals surface area contributed by atoms with Crippen molar-refractivity contribution in [3.05, 3.63) is 102 Å². The van der Waals surface area contributed by atoms with Gasteiger partial charge in [0.2, 0.25) is 5.91 Å². The molecule has 0 unspecified atom stereocenters. The van der Waals surface area contributed by atoms with Crippen LogP contribution in [-0.4, -0.2) is 67.9 Å². The first kappa shape index (κ1) is 26.0. The van der Waals surface area contributed by atoms with Crippen molar-refractivity contribution >= 4 is 17.5 Å². The van der Waals surface area contributed by atoms with E-state index in [2.05, 4.69) is 34.3 Å². The lowest BCUT2D eigenvalue weighted by Gasteiger charge is -2.41. The molecule has 1 atom stereocenters. The highest BCUT2D eigenvalue weighted by atomic mass is 16.2. The lowest BCUT2D eigenvalue weighted by atomic mass is 9.71. The molecule has 5 rings (SSSR count). The predicted molar refractivity (Wildman–Crippen MR) is 152 cm³/mol. The number of amides is 2. The Balaban J connectivity index is 1.28. The third kappa shape index (κ3) is 5.46. The average molecular weight is 511 g/mol. The molecule has 198 valence electrons. The summed E-state index contributed by atoms with van der Waals surface area (Å²) in [5.74, 6) is 0.0679. The fraction of sp³-hybridized carbons (Fsp3) is 0.375. The van der Waals surface area contributed by atoms with Gasteiger partial charge in [0.1, 0.15) is 0 Å². The van der Waals surface area contributed by atoms with Crippen LogP contribution in [0.3, 0.4) is 0 Å². The van der Waals surface area contributed by atoms with Gasteiger partial charge in [-0.2, -0.15) is 0 Å². The van der Waals surface area contributed by atoms with E-state index >= 15 is 0 Å². The monoisotopic (exact) mass is 510 g/mol. The Kier molecular flexibility index (Phi) is 7.79. The van der Waals surface area contributed by atoms with Crippen LogP contribution in [0, 0.1) is 0 Å². The van der Waals surface area contributed by atoms with E-state index < -0.39 is 5.41 Å². The maximum absolute atomic E-state index is 13.8. The van der Waals surface area contributed by atoms with Crippen molar-refractivity contribution in [3.63, 3.8) is 0 Å². The van der Waals surface area contributed by atoms with Crippen molar-refractivity contribution in [2.24, 2.45) is 0 Å². The standard InChI is InChI=1S/C32H38N4O2/c1-25(26-9-5-3-6-10-26)33-31(38)32(28-11-7-4-8-12-28)17-19-36(20-18-32)30(37)27-13-15-29(16-14-27)35-23-21-34(2)22-24-35/h3-16,25H,17-24H2,1-2H3,(H,33,38)/t25-/m0/s1. The summed E-state index contributed by atoms with van der Waals surface area (Å²) in [6, 6.07) is 28.0. The molecule has 0 aliphatic carbocycles. The number of anilines is 1. The quantitative estimate of drug-likeness (QED) is 0.531. The highest BCUT2D eigenvalue weighted by molar-refractivity contribution is 5.95. The number of carbonyl (C=O) groups excluding carboxylic acids is 2. The fourth-order valence-electron chi connectivity index (χ4n) is 5.72. The minimum atomic E-state index is -0.660. The first-order valence-corrected chi connectivity index (χ1v) is 13.7. The molecule has 2 aliphatic rings. The Morgan fingerprint density at radius 2 is 1.34 bits per heavy atom. The van der Waals surface area contributed by atoms with Crippen LogP contribution in [0.5, 0.6) is 0 Å². The van der Waals surface area contributed by atoms with Gasteiger partial charge in [0.15, 0.2) is 0 Å². The Hall–Kier alpha value is -3.64. The molecule has 2 fully saturated rings. The van der Waals surface area contributed by atoms with Crippen molar-refractivity contribution in [1.82, 2.24) is 15.1 Å². The summed E-state index contributed by atoms with van der Waals surface area (Å²) in [5.41, 5.74) is 3.31. The number of likely N-dealkylation sites (tertiary alicyclic amines) is 1. The largest absolute Gasteiger partial charge is 0.369 e. The molecule has 38 heavy (non-hydrogen) atoms. The number of hydrogen-bond acceptors (Lipinski definition) is 4. The van der Waals surface area contributed by atoms with Crippen LogP contribution >= 0.6 is 0 Å². The van der Waals surface area contributed by atoms with E-state index in [1.54, 1.807) is 0 Å². The van der Waals surface area contributed by atoms with E-state index in [0.29, 0.717) is 31.5 Å². The number of rotatable bonds is 6. The molecule has 6 nitrogen and oxygen atoms in total. The molecule has 2 amide bonds. The number of nitrogens with zero attached hydrogens (tertiary/aromatic N) is 3. The van der Waals surface area contributed by atoms with E-state index in [0.717, 1.165) is 37.3 Å². The van der Waals surface area contributed by atoms with Crippen LogP contribution < -0.4 is 10.2 Å². The molecule has 2 aliphatic heterocycles. The molecular weight excluding hydrogens is 472 g/mol. The van der Waals surface area contributed by atoms with Crippen molar-refractivity contribution in [3.8, 4) is 0 Å². The van der Waals surface area contributed by atoms with Gasteiger partial charge in [-0.1, -0.05) is 60.7 Å². The van der Waals surface area contributed by atoms with Gasteiger partial charge in [0.05, 0.1) is 11.5 Å². The zero-order chi connectivity index (χ0) is 26.5. The Morgan fingerprint density at radius 3 is 1.95 bits per heavy atom. The molecule has 6 heteroatoms. The maximum Gasteiger partial charge on any atom is 0.253 e. The van der Waals surface area contributed by atoms with E-state index in [1.165, 1.54) is 5.69 Å². The van der Waals surface area contributed by atoms with Crippen molar-refractivity contribution in [2.75, 3.05) is 51.2 Å². The first-order chi connectivity index (χ1) is 18.5. The zero-order valence-corrected chi connectivity index (χ0v) is 22.5. The highest BCUT2D eigenvalue weighted by Gasteiger charge is 2.44. The number of nitrogens with one attached hydrogen (secondary N) is 1. The van der Waals surface area contributed by atoms with Crippen LogP contribution in [0.2, 0.25) is 0 Å². The highest BCUT2D eigenvalue weighted by Crippen LogP contribution is 2.37. The molecular formula is C32H38N4O2. The topological polar surface area (TPSA) is 55.9 Å². The third-order valence-corrected chi connectivity index (χ3v) is 8.30. The zero-order valence-electron chi connectivity index (χ0n) is 22.5. The Bertz CT molecular complexity index is 1210. The van der Waals surface area contributed by atoms with Crippen LogP contribution in [0.15, 0.2) is 84.9 Å². The van der Waals surface area contributed by atoms with Crippen LogP contribution in [0.4, 0.5) is 5.69 Å². The lowest BCUT2D eigenvalue weighted by molar-refractivity contribution is -0.129. The molecule has 0 aromatic heterocycles. The van der Waals surface area contributed by atoms with Gasteiger partial charge in [-0.15, -0.1) is 0 Å². The smallest absolute Gasteiger partial charge is 0.253 e. The fourth-order valence-corrected chi connectivity index (χ4v) is 5.72. The van der Waals surface area contributed by atoms with E-state index in [4.69, 9.17) is 0 Å². The second-order valence-electron chi connectivity index (χ2n) is 10.7. The van der Waals surface area contributed by atoms with Gasteiger partial charge in [0, 0.05) is 50.5 Å². The molecule has 2 saturated heterocycles. The maximum atomic E-state index is 13.8. The Labute approximate surface area is 226 Å². The number of piperidine rings is 1. The average Bonchev–Trinajstić information content (AvgIpc) is 2.98. The van der Waals surface area contributed by atoms with Crippen molar-refractivity contribution in [1.29, 1.82) is 0 Å². The molecule has 0 spiro atoms. The SMILES string of the molecule is C[C@H](NC(=O)C1(c2ccccc2)CCN(C(=O)c2ccc(N3CCN(C)CC3)cc2)CC1)c1ccccc1. The number of likely N-dealkylation sites (N-methyl/N-ethyl adjacent to an activating group) is 1. The number of carbonyl (C=O) groups is 2. The first-order valence-electron chi connectivity index (χ1n) is 13.7. The van der Waals surface area contributed by atoms with Gasteiger partial charge in [-0.25, -0.2) is 0 Å². The summed E-state index contributed by atoms with van der Waals surface area (Å²) in [4.78, 5) is 33.9. The van der Waals surface area contributed by atoms with Gasteiger partial charge in [-0.3, -0.25) is 9.59 Å². The number of piperazine rings is 1. The van der Waals surface area contributed by atoms with Gasteiger partial charge in [-0.05, 0) is 62.2 Å². The predicted octanol–water partition coefficient (Wildman–Crippen LogP) is 4.49. The number of hydrogen-bond donors (Lipinski definition) is 1. The van der Waals surface area contributed by atoms with Gasteiger partial charge < -0.3 is 20.0 Å². The molecule has 1 N–H and O–H groups in total. The van der Waals surface area contributed by atoms with Gasteiger partial charge >= 0.3 is 0 Å². The van der Waals surface area contributed by atoms with Crippen molar-refractivity contribution < 1.29 is 9.59 Å². The second kappa shape index (κ2) is 11.4. The van der Waals surface area contributed by atoms with Crippen LogP contribution in [0.1, 0.15) is 47.3 Å². The van der Waals surface area contributed by atoms with E-state index in [-0.39, 0.29) is 17.9 Å². The minimum absolute atomic E-state index is 0.0312. The summed E-state index contributed by atoms with van der Waals surface area (Å²) in [5, 5.41) is 3.27. The minimum Gasteiger partial charge on any atom is -0.369 e.